The van der Waals surface area contributed by atoms with Gasteiger partial charge in [0.05, 0.1) is 5.92 Å². The Bertz CT molecular complexity index is 214. The third-order valence-corrected chi connectivity index (χ3v) is 2.23. The summed E-state index contributed by atoms with van der Waals surface area (Å²) in [7, 11) is 0. The maximum absolute atomic E-state index is 10.6. The molecule has 0 radical (unpaired) electrons. The molecule has 0 spiro atoms. The van der Waals surface area contributed by atoms with Gasteiger partial charge in [-0.3, -0.25) is 9.59 Å². The molecule has 0 heterocycles. The van der Waals surface area contributed by atoms with Crippen molar-refractivity contribution >= 4 is 11.9 Å². The van der Waals surface area contributed by atoms with Gasteiger partial charge >= 0.3 is 5.97 Å². The molecule has 1 aliphatic rings. The molecule has 0 aliphatic heterocycles. The summed E-state index contributed by atoms with van der Waals surface area (Å²) in [6.07, 6.45) is 0.691. The van der Waals surface area contributed by atoms with Crippen molar-refractivity contribution in [3.8, 4) is 0 Å². The molecule has 0 aromatic heterocycles. The lowest BCUT2D eigenvalue weighted by atomic mass is 10.2. The summed E-state index contributed by atoms with van der Waals surface area (Å²) in [6, 6.07) is -0.0106. The van der Waals surface area contributed by atoms with Crippen LogP contribution in [0.1, 0.15) is 20.3 Å². The van der Waals surface area contributed by atoms with Crippen molar-refractivity contribution < 1.29 is 14.7 Å². The van der Waals surface area contributed by atoms with Gasteiger partial charge in [-0.2, -0.15) is 0 Å². The first-order valence-corrected chi connectivity index (χ1v) is 4.02. The number of amides is 1. The van der Waals surface area contributed by atoms with Crippen molar-refractivity contribution in [2.75, 3.05) is 0 Å². The number of rotatable bonds is 3. The van der Waals surface area contributed by atoms with E-state index in [1.54, 1.807) is 0 Å². The molecule has 4 nitrogen and oxygen atoms in total. The number of aliphatic carboxylic acids is 1. The topological polar surface area (TPSA) is 66.4 Å². The quantitative estimate of drug-likeness (QED) is 0.638. The lowest BCUT2D eigenvalue weighted by Crippen LogP contribution is -2.33. The van der Waals surface area contributed by atoms with E-state index in [0.717, 1.165) is 0 Å². The minimum Gasteiger partial charge on any atom is -0.481 e. The summed E-state index contributed by atoms with van der Waals surface area (Å²) in [5.41, 5.74) is 0. The highest BCUT2D eigenvalue weighted by Crippen LogP contribution is 2.41. The Morgan fingerprint density at radius 1 is 1.58 bits per heavy atom. The number of carbonyl (C=O) groups excluding carboxylic acids is 1. The van der Waals surface area contributed by atoms with Crippen LogP contribution in [0.5, 0.6) is 0 Å². The highest BCUT2D eigenvalue weighted by atomic mass is 16.4. The van der Waals surface area contributed by atoms with Crippen molar-refractivity contribution in [3.05, 3.63) is 0 Å². The first-order valence-electron chi connectivity index (χ1n) is 4.02. The van der Waals surface area contributed by atoms with E-state index < -0.39 is 5.97 Å². The van der Waals surface area contributed by atoms with E-state index in [4.69, 9.17) is 5.11 Å². The van der Waals surface area contributed by atoms with Crippen molar-refractivity contribution in [2.45, 2.75) is 26.3 Å². The summed E-state index contributed by atoms with van der Waals surface area (Å²) in [4.78, 5) is 21.1. The molecule has 1 amide bonds. The minimum atomic E-state index is -0.753. The van der Waals surface area contributed by atoms with Gasteiger partial charge in [0.2, 0.25) is 5.91 Å². The lowest BCUT2D eigenvalue weighted by molar-refractivity contribution is -0.139. The molecule has 1 fully saturated rings. The Morgan fingerprint density at radius 3 is 2.50 bits per heavy atom. The predicted molar refractivity (Wildman–Crippen MR) is 42.5 cm³/mol. The average molecular weight is 171 g/mol. The van der Waals surface area contributed by atoms with Crippen LogP contribution in [0.2, 0.25) is 0 Å². The van der Waals surface area contributed by atoms with Crippen LogP contribution in [0.15, 0.2) is 0 Å². The van der Waals surface area contributed by atoms with Gasteiger partial charge in [-0.15, -0.1) is 0 Å². The molecule has 3 atom stereocenters. The molecule has 12 heavy (non-hydrogen) atoms. The zero-order valence-electron chi connectivity index (χ0n) is 7.20. The van der Waals surface area contributed by atoms with Crippen molar-refractivity contribution in [1.82, 2.24) is 5.32 Å². The van der Waals surface area contributed by atoms with E-state index in [2.05, 4.69) is 5.32 Å². The fourth-order valence-electron chi connectivity index (χ4n) is 1.48. The van der Waals surface area contributed by atoms with Crippen molar-refractivity contribution in [3.63, 3.8) is 0 Å². The van der Waals surface area contributed by atoms with Gasteiger partial charge in [0, 0.05) is 13.0 Å². The Balaban J connectivity index is 2.33. The number of carbonyl (C=O) groups is 2. The second-order valence-electron chi connectivity index (χ2n) is 3.33. The zero-order valence-corrected chi connectivity index (χ0v) is 7.20. The summed E-state index contributed by atoms with van der Waals surface area (Å²) in [6.45, 7) is 3.28. The maximum Gasteiger partial charge on any atom is 0.306 e. The first-order chi connectivity index (χ1) is 5.52. The summed E-state index contributed by atoms with van der Waals surface area (Å²) < 4.78 is 0. The smallest absolute Gasteiger partial charge is 0.306 e. The lowest BCUT2D eigenvalue weighted by Gasteiger charge is -2.10. The van der Waals surface area contributed by atoms with E-state index >= 15 is 0 Å². The molecule has 1 aliphatic carbocycles. The number of hydrogen-bond acceptors (Lipinski definition) is 2. The molecule has 68 valence electrons. The molecule has 4 heteroatoms. The summed E-state index contributed by atoms with van der Waals surface area (Å²) >= 11 is 0. The Labute approximate surface area is 71.0 Å². The van der Waals surface area contributed by atoms with Crippen LogP contribution < -0.4 is 5.32 Å². The molecular formula is C8H13NO3. The van der Waals surface area contributed by atoms with E-state index in [0.29, 0.717) is 6.42 Å². The molecular weight excluding hydrogens is 158 g/mol. The zero-order chi connectivity index (χ0) is 9.30. The second-order valence-corrected chi connectivity index (χ2v) is 3.33. The van der Waals surface area contributed by atoms with E-state index in [-0.39, 0.29) is 23.8 Å². The molecule has 1 rings (SSSR count). The van der Waals surface area contributed by atoms with Crippen LogP contribution >= 0.6 is 0 Å². The van der Waals surface area contributed by atoms with Crippen LogP contribution in [0.4, 0.5) is 0 Å². The predicted octanol–water partition coefficient (Wildman–Crippen LogP) is 0.232. The Hall–Kier alpha value is -1.06. The molecule has 1 saturated carbocycles. The van der Waals surface area contributed by atoms with Gasteiger partial charge < -0.3 is 10.4 Å². The van der Waals surface area contributed by atoms with Gasteiger partial charge in [0.15, 0.2) is 0 Å². The van der Waals surface area contributed by atoms with Crippen molar-refractivity contribution in [1.29, 1.82) is 0 Å². The fourth-order valence-corrected chi connectivity index (χ4v) is 1.48. The third-order valence-electron chi connectivity index (χ3n) is 2.23. The fraction of sp³-hybridized carbons (Fsp3) is 0.750. The van der Waals surface area contributed by atoms with E-state index in [1.165, 1.54) is 6.92 Å². The number of hydrogen-bond donors (Lipinski definition) is 2. The van der Waals surface area contributed by atoms with Gasteiger partial charge in [-0.1, -0.05) is 0 Å². The third kappa shape index (κ3) is 1.96. The number of nitrogens with one attached hydrogen (secondary N) is 1. The van der Waals surface area contributed by atoms with Crippen LogP contribution in [-0.2, 0) is 9.59 Å². The Kier molecular flexibility index (Phi) is 2.35. The number of carboxylic acids is 1. The van der Waals surface area contributed by atoms with E-state index in [1.807, 2.05) is 6.92 Å². The highest BCUT2D eigenvalue weighted by molar-refractivity contribution is 5.75. The minimum absolute atomic E-state index is 0.0106. The van der Waals surface area contributed by atoms with Gasteiger partial charge in [0.1, 0.15) is 0 Å². The molecule has 0 bridgehead atoms. The Morgan fingerprint density at radius 2 is 2.17 bits per heavy atom. The average Bonchev–Trinajstić information content (AvgIpc) is 2.61. The molecule has 0 aromatic carbocycles. The molecule has 1 unspecified atom stereocenters. The molecule has 0 aromatic rings. The summed E-state index contributed by atoms with van der Waals surface area (Å²) in [5.74, 6) is -0.964. The van der Waals surface area contributed by atoms with Gasteiger partial charge in [-0.25, -0.2) is 0 Å². The van der Waals surface area contributed by atoms with E-state index in [9.17, 15) is 9.59 Å². The van der Waals surface area contributed by atoms with Crippen LogP contribution in [0.25, 0.3) is 0 Å². The van der Waals surface area contributed by atoms with Crippen LogP contribution in [0.3, 0.4) is 0 Å². The normalized spacial score (nSPS) is 29.2. The van der Waals surface area contributed by atoms with Crippen LogP contribution in [-0.4, -0.2) is 23.0 Å². The highest BCUT2D eigenvalue weighted by Gasteiger charge is 2.46. The second kappa shape index (κ2) is 3.13. The van der Waals surface area contributed by atoms with Gasteiger partial charge in [0.25, 0.3) is 0 Å². The molecule has 0 saturated heterocycles. The van der Waals surface area contributed by atoms with Crippen molar-refractivity contribution in [2.24, 2.45) is 11.8 Å². The number of carboxylic acid groups (broad SMARTS) is 1. The maximum atomic E-state index is 10.6. The largest absolute Gasteiger partial charge is 0.481 e. The SMILES string of the molecule is CC(=O)NC(C)[C@@H]1C[C@H]1C(=O)O. The van der Waals surface area contributed by atoms with Crippen LogP contribution in [0, 0.1) is 11.8 Å². The summed E-state index contributed by atoms with van der Waals surface area (Å²) in [5, 5.41) is 11.3. The monoisotopic (exact) mass is 171 g/mol. The van der Waals surface area contributed by atoms with Gasteiger partial charge in [-0.05, 0) is 19.3 Å². The first kappa shape index (κ1) is 9.03. The molecule has 2 N–H and O–H groups in total. The standard InChI is InChI=1S/C8H13NO3/c1-4(9-5(2)10)6-3-7(6)8(11)12/h4,6-7H,3H2,1-2H3,(H,9,10)(H,11,12)/t4?,6-,7+/m0/s1.